The number of aliphatic carboxylic acids is 1. The molecule has 1 aromatic rings. The first-order valence-corrected chi connectivity index (χ1v) is 8.24. The van der Waals surface area contributed by atoms with Gasteiger partial charge < -0.3 is 5.11 Å². The standard InChI is InChI=1S/C11H14BrN3O4S/c12-10-4-3-9(6-13-10)14-20(18,19)15-5-1-2-8(7-15)11(16)17/h3-4,6,8,14H,1-2,5,7H2,(H,16,17). The second kappa shape index (κ2) is 6.06. The molecule has 0 amide bonds. The maximum Gasteiger partial charge on any atom is 0.307 e. The van der Waals surface area contributed by atoms with Crippen molar-refractivity contribution in [2.24, 2.45) is 5.92 Å². The Hall–Kier alpha value is -1.19. The van der Waals surface area contributed by atoms with Crippen molar-refractivity contribution in [2.75, 3.05) is 17.8 Å². The summed E-state index contributed by atoms with van der Waals surface area (Å²) in [5.41, 5.74) is 0.339. The summed E-state index contributed by atoms with van der Waals surface area (Å²) in [5, 5.41) is 8.98. The van der Waals surface area contributed by atoms with Crippen molar-refractivity contribution in [1.82, 2.24) is 9.29 Å². The topological polar surface area (TPSA) is 99.6 Å². The number of carboxylic acids is 1. The Morgan fingerprint density at radius 3 is 2.85 bits per heavy atom. The van der Waals surface area contributed by atoms with Gasteiger partial charge in [-0.1, -0.05) is 0 Å². The van der Waals surface area contributed by atoms with Crippen molar-refractivity contribution in [1.29, 1.82) is 0 Å². The van der Waals surface area contributed by atoms with Gasteiger partial charge >= 0.3 is 16.2 Å². The highest BCUT2D eigenvalue weighted by Crippen LogP contribution is 2.21. The fourth-order valence-electron chi connectivity index (χ4n) is 2.01. The lowest BCUT2D eigenvalue weighted by Gasteiger charge is -2.29. The molecule has 1 aromatic heterocycles. The number of anilines is 1. The molecule has 0 radical (unpaired) electrons. The van der Waals surface area contributed by atoms with Crippen molar-refractivity contribution >= 4 is 37.8 Å². The van der Waals surface area contributed by atoms with Crippen LogP contribution in [-0.4, -0.2) is 41.9 Å². The van der Waals surface area contributed by atoms with Crippen molar-refractivity contribution < 1.29 is 18.3 Å². The van der Waals surface area contributed by atoms with Crippen LogP contribution in [0.2, 0.25) is 0 Å². The normalized spacial score (nSPS) is 20.6. The number of aromatic nitrogens is 1. The Bertz CT molecular complexity index is 590. The quantitative estimate of drug-likeness (QED) is 0.785. The molecule has 20 heavy (non-hydrogen) atoms. The average Bonchev–Trinajstić information content (AvgIpc) is 2.41. The van der Waals surface area contributed by atoms with Gasteiger partial charge in [-0.2, -0.15) is 12.7 Å². The Labute approximate surface area is 125 Å². The first kappa shape index (κ1) is 15.2. The number of nitrogens with zero attached hydrogens (tertiary/aromatic N) is 2. The third kappa shape index (κ3) is 3.68. The van der Waals surface area contributed by atoms with E-state index in [1.54, 1.807) is 12.1 Å². The Morgan fingerprint density at radius 1 is 1.50 bits per heavy atom. The zero-order valence-corrected chi connectivity index (χ0v) is 12.9. The summed E-state index contributed by atoms with van der Waals surface area (Å²) in [4.78, 5) is 14.9. The number of pyridine rings is 1. The number of carboxylic acid groups (broad SMARTS) is 1. The van der Waals surface area contributed by atoms with Crippen LogP contribution in [0.25, 0.3) is 0 Å². The molecule has 1 unspecified atom stereocenters. The van der Waals surface area contributed by atoms with Crippen LogP contribution in [-0.2, 0) is 15.0 Å². The molecule has 1 fully saturated rings. The molecule has 9 heteroatoms. The molecule has 110 valence electrons. The van der Waals surface area contributed by atoms with Gasteiger partial charge in [0.05, 0.1) is 17.8 Å². The van der Waals surface area contributed by atoms with E-state index in [2.05, 4.69) is 25.6 Å². The van der Waals surface area contributed by atoms with E-state index < -0.39 is 22.1 Å². The zero-order valence-electron chi connectivity index (χ0n) is 10.5. The monoisotopic (exact) mass is 363 g/mol. The van der Waals surface area contributed by atoms with E-state index >= 15 is 0 Å². The maximum atomic E-state index is 12.2. The molecule has 1 atom stereocenters. The van der Waals surface area contributed by atoms with E-state index in [1.165, 1.54) is 6.20 Å². The molecule has 0 spiro atoms. The van der Waals surface area contributed by atoms with Crippen LogP contribution in [0.4, 0.5) is 5.69 Å². The Balaban J connectivity index is 2.09. The summed E-state index contributed by atoms with van der Waals surface area (Å²) in [7, 11) is -3.75. The largest absolute Gasteiger partial charge is 0.481 e. The summed E-state index contributed by atoms with van der Waals surface area (Å²) in [6.07, 6.45) is 2.43. The highest BCUT2D eigenvalue weighted by Gasteiger charge is 2.32. The second-order valence-corrected chi connectivity index (χ2v) is 7.00. The van der Waals surface area contributed by atoms with Crippen molar-refractivity contribution in [3.8, 4) is 0 Å². The van der Waals surface area contributed by atoms with Gasteiger partial charge in [0, 0.05) is 13.1 Å². The average molecular weight is 364 g/mol. The van der Waals surface area contributed by atoms with E-state index in [9.17, 15) is 13.2 Å². The Morgan fingerprint density at radius 2 is 2.25 bits per heavy atom. The predicted molar refractivity (Wildman–Crippen MR) is 76.4 cm³/mol. The third-order valence-electron chi connectivity index (χ3n) is 3.05. The third-order valence-corrected chi connectivity index (χ3v) is 5.02. The fourth-order valence-corrected chi connectivity index (χ4v) is 3.54. The van der Waals surface area contributed by atoms with Crippen molar-refractivity contribution in [3.63, 3.8) is 0 Å². The second-order valence-electron chi connectivity index (χ2n) is 4.51. The zero-order chi connectivity index (χ0) is 14.8. The summed E-state index contributed by atoms with van der Waals surface area (Å²) in [6, 6.07) is 3.20. The van der Waals surface area contributed by atoms with Gasteiger partial charge in [0.15, 0.2) is 0 Å². The van der Waals surface area contributed by atoms with Crippen LogP contribution in [0.5, 0.6) is 0 Å². The SMILES string of the molecule is O=C(O)C1CCCN(S(=O)(=O)Nc2ccc(Br)nc2)C1. The van der Waals surface area contributed by atoms with Gasteiger partial charge in [-0.3, -0.25) is 9.52 Å². The predicted octanol–water partition coefficient (Wildman–Crippen LogP) is 1.30. The molecule has 1 aliphatic heterocycles. The fraction of sp³-hybridized carbons (Fsp3) is 0.455. The van der Waals surface area contributed by atoms with E-state index in [1.807, 2.05) is 0 Å². The molecular weight excluding hydrogens is 350 g/mol. The number of nitrogens with one attached hydrogen (secondary N) is 1. The molecule has 2 rings (SSSR count). The summed E-state index contributed by atoms with van der Waals surface area (Å²) in [6.45, 7) is 0.317. The lowest BCUT2D eigenvalue weighted by molar-refractivity contribution is -0.142. The highest BCUT2D eigenvalue weighted by molar-refractivity contribution is 9.10. The number of hydrogen-bond donors (Lipinski definition) is 2. The number of hydrogen-bond acceptors (Lipinski definition) is 4. The van der Waals surface area contributed by atoms with Crippen LogP contribution in [0.15, 0.2) is 22.9 Å². The Kier molecular flexibility index (Phi) is 4.61. The molecule has 2 heterocycles. The number of piperidine rings is 1. The van der Waals surface area contributed by atoms with Gasteiger partial charge in [-0.05, 0) is 40.9 Å². The van der Waals surface area contributed by atoms with E-state index in [0.717, 1.165) is 4.31 Å². The minimum atomic E-state index is -3.75. The molecule has 0 aromatic carbocycles. The van der Waals surface area contributed by atoms with Gasteiger partial charge in [0.2, 0.25) is 0 Å². The molecule has 2 N–H and O–H groups in total. The number of rotatable bonds is 4. The van der Waals surface area contributed by atoms with Crippen LogP contribution in [0, 0.1) is 5.92 Å². The molecular formula is C11H14BrN3O4S. The summed E-state index contributed by atoms with van der Waals surface area (Å²) < 4.78 is 28.5. The van der Waals surface area contributed by atoms with Crippen molar-refractivity contribution in [2.45, 2.75) is 12.8 Å². The van der Waals surface area contributed by atoms with Crippen LogP contribution in [0.1, 0.15) is 12.8 Å². The molecule has 1 aliphatic rings. The summed E-state index contributed by atoms with van der Waals surface area (Å²) in [5.74, 6) is -1.61. The smallest absolute Gasteiger partial charge is 0.307 e. The van der Waals surface area contributed by atoms with Gasteiger partial charge in [-0.15, -0.1) is 0 Å². The van der Waals surface area contributed by atoms with Gasteiger partial charge in [0.25, 0.3) is 0 Å². The molecule has 7 nitrogen and oxygen atoms in total. The summed E-state index contributed by atoms with van der Waals surface area (Å²) >= 11 is 3.16. The number of halogens is 1. The highest BCUT2D eigenvalue weighted by atomic mass is 79.9. The maximum absolute atomic E-state index is 12.2. The first-order valence-electron chi connectivity index (χ1n) is 6.01. The van der Waals surface area contributed by atoms with E-state index in [4.69, 9.17) is 5.11 Å². The van der Waals surface area contributed by atoms with Crippen LogP contribution in [0.3, 0.4) is 0 Å². The first-order chi connectivity index (χ1) is 9.38. The molecule has 0 bridgehead atoms. The van der Waals surface area contributed by atoms with E-state index in [0.29, 0.717) is 29.7 Å². The van der Waals surface area contributed by atoms with Gasteiger partial charge in [-0.25, -0.2) is 4.98 Å². The number of carbonyl (C=O) groups is 1. The van der Waals surface area contributed by atoms with Crippen molar-refractivity contribution in [3.05, 3.63) is 22.9 Å². The molecule has 0 aliphatic carbocycles. The minimum Gasteiger partial charge on any atom is -0.481 e. The van der Waals surface area contributed by atoms with E-state index in [-0.39, 0.29) is 6.54 Å². The van der Waals surface area contributed by atoms with Crippen LogP contribution >= 0.6 is 15.9 Å². The van der Waals surface area contributed by atoms with Crippen LogP contribution < -0.4 is 4.72 Å². The molecule has 0 saturated carbocycles. The lowest BCUT2D eigenvalue weighted by Crippen LogP contribution is -2.44. The lowest BCUT2D eigenvalue weighted by atomic mass is 10.0. The minimum absolute atomic E-state index is 0.00533. The molecule has 1 saturated heterocycles. The van der Waals surface area contributed by atoms with Gasteiger partial charge in [0.1, 0.15) is 4.60 Å².